The number of likely N-dealkylation sites (N-methyl/N-ethyl adjacent to an activating group) is 1. The molecule has 188 valence electrons. The molecule has 2 N–H and O–H groups in total. The second-order valence-electron chi connectivity index (χ2n) is 10.0. The van der Waals surface area contributed by atoms with Crippen LogP contribution in [0.4, 0.5) is 4.79 Å². The van der Waals surface area contributed by atoms with Crippen molar-refractivity contribution < 1.29 is 14.3 Å². The zero-order valence-electron chi connectivity index (χ0n) is 21.2. The number of aromatic nitrogens is 1. The molecule has 2 saturated heterocycles. The SMILES string of the molecule is CCN(CC)C(=O)N[C@H]1CC2c3cccc4[nH]c(C#CCOC5CCCCO5)c(c34)C[C@H]2N(C)C1. The molecule has 1 aliphatic carbocycles. The zero-order chi connectivity index (χ0) is 24.4. The topological polar surface area (TPSA) is 69.8 Å². The van der Waals surface area contributed by atoms with Gasteiger partial charge in [-0.1, -0.05) is 18.1 Å². The number of hydrogen-bond acceptors (Lipinski definition) is 4. The third-order valence-corrected chi connectivity index (χ3v) is 7.92. The Balaban J connectivity index is 1.35. The van der Waals surface area contributed by atoms with E-state index in [0.717, 1.165) is 69.6 Å². The van der Waals surface area contributed by atoms with Crippen LogP contribution in [0.15, 0.2) is 18.2 Å². The van der Waals surface area contributed by atoms with E-state index >= 15 is 0 Å². The van der Waals surface area contributed by atoms with Gasteiger partial charge in [-0.2, -0.15) is 0 Å². The normalized spacial score (nSPS) is 26.0. The van der Waals surface area contributed by atoms with Gasteiger partial charge in [-0.05, 0) is 76.1 Å². The number of aromatic amines is 1. The Morgan fingerprint density at radius 3 is 2.94 bits per heavy atom. The molecule has 7 heteroatoms. The van der Waals surface area contributed by atoms with Gasteiger partial charge in [-0.15, -0.1) is 0 Å². The molecule has 2 unspecified atom stereocenters. The number of urea groups is 1. The fourth-order valence-electron chi connectivity index (χ4n) is 6.12. The molecule has 3 aliphatic rings. The number of ether oxygens (including phenoxy) is 2. The number of benzene rings is 1. The van der Waals surface area contributed by atoms with Crippen molar-refractivity contribution in [1.29, 1.82) is 0 Å². The summed E-state index contributed by atoms with van der Waals surface area (Å²) >= 11 is 0. The first kappa shape index (κ1) is 24.2. The van der Waals surface area contributed by atoms with Gasteiger partial charge < -0.3 is 29.6 Å². The molecule has 0 radical (unpaired) electrons. The van der Waals surface area contributed by atoms with Crippen LogP contribution in [0, 0.1) is 11.8 Å². The molecule has 3 heterocycles. The molecule has 0 spiro atoms. The summed E-state index contributed by atoms with van der Waals surface area (Å²) in [5.74, 6) is 6.95. The highest BCUT2D eigenvalue weighted by atomic mass is 16.7. The van der Waals surface area contributed by atoms with Gasteiger partial charge in [0.25, 0.3) is 0 Å². The predicted octanol–water partition coefficient (Wildman–Crippen LogP) is 3.83. The van der Waals surface area contributed by atoms with E-state index in [1.807, 2.05) is 18.7 Å². The monoisotopic (exact) mass is 478 g/mol. The minimum atomic E-state index is -0.113. The number of carbonyl (C=O) groups excluding carboxylic acids is 1. The Hall–Kier alpha value is -2.53. The Bertz CT molecular complexity index is 1110. The minimum Gasteiger partial charge on any atom is -0.353 e. The van der Waals surface area contributed by atoms with Crippen LogP contribution in [0.3, 0.4) is 0 Å². The highest BCUT2D eigenvalue weighted by molar-refractivity contribution is 5.90. The van der Waals surface area contributed by atoms with Gasteiger partial charge in [-0.3, -0.25) is 0 Å². The van der Waals surface area contributed by atoms with Crippen LogP contribution in [0.5, 0.6) is 0 Å². The lowest BCUT2D eigenvalue weighted by Gasteiger charge is -2.46. The number of carbonyl (C=O) groups is 1. The Morgan fingerprint density at radius 2 is 2.17 bits per heavy atom. The third-order valence-electron chi connectivity index (χ3n) is 7.92. The molecule has 2 amide bonds. The van der Waals surface area contributed by atoms with Crippen LogP contribution in [-0.2, 0) is 15.9 Å². The summed E-state index contributed by atoms with van der Waals surface area (Å²) in [6, 6.07) is 7.13. The number of nitrogens with one attached hydrogen (secondary N) is 2. The van der Waals surface area contributed by atoms with Gasteiger partial charge in [0.05, 0.1) is 5.69 Å². The van der Waals surface area contributed by atoms with E-state index in [4.69, 9.17) is 9.47 Å². The van der Waals surface area contributed by atoms with Gasteiger partial charge in [0.2, 0.25) is 0 Å². The number of piperidine rings is 1. The van der Waals surface area contributed by atoms with Crippen molar-refractivity contribution in [3.8, 4) is 11.8 Å². The molecule has 4 atom stereocenters. The molecule has 7 nitrogen and oxygen atoms in total. The second kappa shape index (κ2) is 10.6. The quantitative estimate of drug-likeness (QED) is 0.641. The van der Waals surface area contributed by atoms with E-state index in [2.05, 4.69) is 52.3 Å². The van der Waals surface area contributed by atoms with E-state index < -0.39 is 0 Å². The maximum absolute atomic E-state index is 12.7. The largest absolute Gasteiger partial charge is 0.353 e. The van der Waals surface area contributed by atoms with Crippen LogP contribution in [0.2, 0.25) is 0 Å². The lowest BCUT2D eigenvalue weighted by Crippen LogP contribution is -2.56. The van der Waals surface area contributed by atoms with Crippen LogP contribution in [0.1, 0.15) is 62.3 Å². The third kappa shape index (κ3) is 4.93. The van der Waals surface area contributed by atoms with Gasteiger partial charge in [0.1, 0.15) is 6.61 Å². The smallest absolute Gasteiger partial charge is 0.317 e. The lowest BCUT2D eigenvalue weighted by atomic mass is 9.73. The number of amides is 2. The Kier molecular flexibility index (Phi) is 7.33. The molecular weight excluding hydrogens is 440 g/mol. The molecule has 0 bridgehead atoms. The average molecular weight is 479 g/mol. The van der Waals surface area contributed by atoms with Crippen molar-refractivity contribution in [2.24, 2.45) is 0 Å². The Morgan fingerprint density at radius 1 is 1.31 bits per heavy atom. The first-order chi connectivity index (χ1) is 17.1. The summed E-state index contributed by atoms with van der Waals surface area (Å²) < 4.78 is 11.5. The van der Waals surface area contributed by atoms with Crippen LogP contribution >= 0.6 is 0 Å². The number of hydrogen-bond donors (Lipinski definition) is 2. The van der Waals surface area contributed by atoms with E-state index in [-0.39, 0.29) is 18.4 Å². The van der Waals surface area contributed by atoms with Crippen molar-refractivity contribution in [1.82, 2.24) is 20.1 Å². The summed E-state index contributed by atoms with van der Waals surface area (Å²) in [6.45, 7) is 7.53. The van der Waals surface area contributed by atoms with Crippen molar-refractivity contribution in [3.63, 3.8) is 0 Å². The number of fused-ring (bicyclic) bond motifs is 2. The van der Waals surface area contributed by atoms with Crippen LogP contribution in [-0.4, -0.2) is 79.1 Å². The van der Waals surface area contributed by atoms with Gasteiger partial charge in [0.15, 0.2) is 6.29 Å². The standard InChI is InChI=1S/C28H38N4O3/c1-4-32(5-2)28(33)29-19-16-21-20-10-8-11-24-27(20)22(17-25(21)31(3)18-19)23(30-24)12-9-15-35-26-13-6-7-14-34-26/h8,10-11,19,21,25-26,30H,4-7,13-18H2,1-3H3,(H,29,33)/t19-,21?,25+,26?/m0/s1. The van der Waals surface area contributed by atoms with E-state index in [0.29, 0.717) is 18.6 Å². The molecule has 5 rings (SSSR count). The van der Waals surface area contributed by atoms with E-state index in [9.17, 15) is 4.79 Å². The highest BCUT2D eigenvalue weighted by Gasteiger charge is 2.40. The molecular formula is C28H38N4O3. The number of H-pyrrole nitrogens is 1. The molecule has 0 saturated carbocycles. The van der Waals surface area contributed by atoms with Gasteiger partial charge >= 0.3 is 6.03 Å². The number of rotatable bonds is 5. The van der Waals surface area contributed by atoms with Crippen molar-refractivity contribution in [2.45, 2.75) is 70.2 Å². The van der Waals surface area contributed by atoms with E-state index in [1.54, 1.807) is 0 Å². The molecule has 35 heavy (non-hydrogen) atoms. The first-order valence-corrected chi connectivity index (χ1v) is 13.2. The van der Waals surface area contributed by atoms with Crippen LogP contribution in [0.25, 0.3) is 10.9 Å². The fraction of sp³-hybridized carbons (Fsp3) is 0.607. The molecule has 2 aliphatic heterocycles. The van der Waals surface area contributed by atoms with Crippen LogP contribution < -0.4 is 5.32 Å². The molecule has 2 aromatic rings. The summed E-state index contributed by atoms with van der Waals surface area (Å²) in [5.41, 5.74) is 4.84. The summed E-state index contributed by atoms with van der Waals surface area (Å²) in [4.78, 5) is 20.6. The number of nitrogens with zero attached hydrogens (tertiary/aromatic N) is 2. The Labute approximate surface area is 208 Å². The van der Waals surface area contributed by atoms with Gasteiger partial charge in [-0.25, -0.2) is 4.79 Å². The van der Waals surface area contributed by atoms with Crippen molar-refractivity contribution in [2.75, 3.05) is 39.9 Å². The summed E-state index contributed by atoms with van der Waals surface area (Å²) in [5, 5.41) is 4.62. The van der Waals surface area contributed by atoms with Crippen molar-refractivity contribution >= 4 is 16.9 Å². The zero-order valence-corrected chi connectivity index (χ0v) is 21.2. The summed E-state index contributed by atoms with van der Waals surface area (Å²) in [7, 11) is 2.19. The van der Waals surface area contributed by atoms with Crippen molar-refractivity contribution in [3.05, 3.63) is 35.0 Å². The minimum absolute atomic E-state index is 0.0432. The molecule has 1 aromatic carbocycles. The summed E-state index contributed by atoms with van der Waals surface area (Å²) in [6.07, 6.45) is 5.04. The number of likely N-dealkylation sites (tertiary alicyclic amines) is 1. The lowest BCUT2D eigenvalue weighted by molar-refractivity contribution is -0.154. The highest BCUT2D eigenvalue weighted by Crippen LogP contribution is 2.44. The first-order valence-electron chi connectivity index (χ1n) is 13.2. The predicted molar refractivity (Wildman–Crippen MR) is 137 cm³/mol. The fourth-order valence-corrected chi connectivity index (χ4v) is 6.12. The molecule has 2 fully saturated rings. The van der Waals surface area contributed by atoms with E-state index in [1.165, 1.54) is 16.5 Å². The maximum Gasteiger partial charge on any atom is 0.317 e. The average Bonchev–Trinajstić information content (AvgIpc) is 3.22. The molecule has 1 aromatic heterocycles. The maximum atomic E-state index is 12.7. The van der Waals surface area contributed by atoms with Gasteiger partial charge in [0, 0.05) is 55.1 Å². The second-order valence-corrected chi connectivity index (χ2v) is 10.0.